The van der Waals surface area contributed by atoms with E-state index in [-0.39, 0.29) is 16.3 Å². The van der Waals surface area contributed by atoms with Gasteiger partial charge in [-0.2, -0.15) is 5.26 Å². The fourth-order valence-corrected chi connectivity index (χ4v) is 3.46. The molecule has 0 saturated heterocycles. The molecule has 0 aliphatic heterocycles. The van der Waals surface area contributed by atoms with Crippen molar-refractivity contribution in [3.63, 3.8) is 0 Å². The van der Waals surface area contributed by atoms with E-state index in [4.69, 9.17) is 0 Å². The Morgan fingerprint density at radius 2 is 1.81 bits per heavy atom. The molecule has 0 bridgehead atoms. The predicted octanol–water partition coefficient (Wildman–Crippen LogP) is 3.11. The number of pyridine rings is 1. The largest absolute Gasteiger partial charge is 0.236 e. The van der Waals surface area contributed by atoms with Gasteiger partial charge in [-0.15, -0.1) is 0 Å². The summed E-state index contributed by atoms with van der Waals surface area (Å²) in [6, 6.07) is 12.7. The molecule has 0 saturated carbocycles. The molecule has 0 fully saturated rings. The van der Waals surface area contributed by atoms with E-state index in [1.165, 1.54) is 6.07 Å². The van der Waals surface area contributed by atoms with Crippen LogP contribution in [0.5, 0.6) is 0 Å². The molecule has 1 heterocycles. The van der Waals surface area contributed by atoms with Crippen LogP contribution in [-0.4, -0.2) is 19.2 Å². The zero-order chi connectivity index (χ0) is 15.5. The molecular weight excluding hydrogens is 284 g/mol. The van der Waals surface area contributed by atoms with Crippen molar-refractivity contribution in [3.8, 4) is 17.3 Å². The molecule has 0 N–H and O–H groups in total. The fraction of sp³-hybridized carbons (Fsp3) is 0.250. The maximum absolute atomic E-state index is 12.1. The molecule has 5 heteroatoms. The lowest BCUT2D eigenvalue weighted by molar-refractivity contribution is 0.594. The van der Waals surface area contributed by atoms with Gasteiger partial charge in [-0.3, -0.25) is 0 Å². The van der Waals surface area contributed by atoms with Crippen molar-refractivity contribution in [1.82, 2.24) is 4.98 Å². The molecule has 4 nitrogen and oxygen atoms in total. The van der Waals surface area contributed by atoms with Crippen LogP contribution in [-0.2, 0) is 9.84 Å². The van der Waals surface area contributed by atoms with Crippen LogP contribution < -0.4 is 0 Å². The van der Waals surface area contributed by atoms with Gasteiger partial charge in [0.2, 0.25) is 0 Å². The average molecular weight is 300 g/mol. The van der Waals surface area contributed by atoms with Crippen LogP contribution in [0.1, 0.15) is 24.6 Å². The number of hydrogen-bond acceptors (Lipinski definition) is 4. The van der Waals surface area contributed by atoms with E-state index in [9.17, 15) is 13.7 Å². The van der Waals surface area contributed by atoms with Gasteiger partial charge in [0.1, 0.15) is 11.0 Å². The highest BCUT2D eigenvalue weighted by Crippen LogP contribution is 2.22. The van der Waals surface area contributed by atoms with Crippen molar-refractivity contribution in [2.75, 3.05) is 5.75 Å². The summed E-state index contributed by atoms with van der Waals surface area (Å²) in [7, 11) is -3.44. The summed E-state index contributed by atoms with van der Waals surface area (Å²) in [5.74, 6) is 0.0211. The fourth-order valence-electron chi connectivity index (χ4n) is 2.04. The minimum Gasteiger partial charge on any atom is -0.236 e. The summed E-state index contributed by atoms with van der Waals surface area (Å²) >= 11 is 0. The monoisotopic (exact) mass is 300 g/mol. The number of benzene rings is 1. The van der Waals surface area contributed by atoms with E-state index in [0.29, 0.717) is 12.1 Å². The van der Waals surface area contributed by atoms with Crippen molar-refractivity contribution in [1.29, 1.82) is 5.26 Å². The lowest BCUT2D eigenvalue weighted by Crippen LogP contribution is -2.09. The first kappa shape index (κ1) is 15.2. The lowest BCUT2D eigenvalue weighted by Gasteiger charge is -2.07. The van der Waals surface area contributed by atoms with Gasteiger partial charge in [0, 0.05) is 5.56 Å². The normalized spacial score (nSPS) is 11.1. The molecule has 1 aromatic heterocycles. The van der Waals surface area contributed by atoms with E-state index < -0.39 is 9.84 Å². The quantitative estimate of drug-likeness (QED) is 0.869. The second kappa shape index (κ2) is 6.06. The Kier molecular flexibility index (Phi) is 4.39. The first-order valence-electron chi connectivity index (χ1n) is 6.69. The SMILES string of the molecule is CCCS(=O)(=O)c1ccc(-c2ccc(C)cc2)nc1C#N. The molecule has 1 aromatic carbocycles. The molecule has 0 spiro atoms. The Balaban J connectivity index is 2.51. The third kappa shape index (κ3) is 3.29. The average Bonchev–Trinajstić information content (AvgIpc) is 2.47. The van der Waals surface area contributed by atoms with Crippen LogP contribution in [0.3, 0.4) is 0 Å². The van der Waals surface area contributed by atoms with Crippen LogP contribution in [0.2, 0.25) is 0 Å². The molecule has 0 aliphatic carbocycles. The minimum absolute atomic E-state index is 0.0164. The predicted molar refractivity (Wildman–Crippen MR) is 81.5 cm³/mol. The topological polar surface area (TPSA) is 70.8 Å². The number of rotatable bonds is 4. The zero-order valence-electron chi connectivity index (χ0n) is 12.0. The van der Waals surface area contributed by atoms with Gasteiger partial charge >= 0.3 is 0 Å². The molecule has 2 rings (SSSR count). The third-order valence-corrected chi connectivity index (χ3v) is 5.06. The summed E-state index contributed by atoms with van der Waals surface area (Å²) in [4.78, 5) is 4.22. The highest BCUT2D eigenvalue weighted by Gasteiger charge is 2.19. The van der Waals surface area contributed by atoms with E-state index in [1.807, 2.05) is 37.3 Å². The van der Waals surface area contributed by atoms with Crippen LogP contribution in [0.25, 0.3) is 11.3 Å². The number of nitrogens with zero attached hydrogens (tertiary/aromatic N) is 2. The van der Waals surface area contributed by atoms with Crippen molar-refractivity contribution < 1.29 is 8.42 Å². The lowest BCUT2D eigenvalue weighted by atomic mass is 10.1. The number of aromatic nitrogens is 1. The molecular formula is C16H16N2O2S. The molecule has 108 valence electrons. The van der Waals surface area contributed by atoms with E-state index in [2.05, 4.69) is 4.98 Å². The number of nitriles is 1. The molecule has 0 atom stereocenters. The van der Waals surface area contributed by atoms with Gasteiger partial charge in [-0.05, 0) is 25.5 Å². The van der Waals surface area contributed by atoms with Crippen molar-refractivity contribution in [3.05, 3.63) is 47.7 Å². The molecule has 21 heavy (non-hydrogen) atoms. The van der Waals surface area contributed by atoms with Gasteiger partial charge in [0.05, 0.1) is 11.4 Å². The minimum atomic E-state index is -3.44. The molecule has 0 unspecified atom stereocenters. The summed E-state index contributed by atoms with van der Waals surface area (Å²) in [5, 5.41) is 9.19. The summed E-state index contributed by atoms with van der Waals surface area (Å²) in [6.07, 6.45) is 0.507. The number of aryl methyl sites for hydroxylation is 1. The second-order valence-electron chi connectivity index (χ2n) is 4.84. The van der Waals surface area contributed by atoms with Gasteiger partial charge < -0.3 is 0 Å². The van der Waals surface area contributed by atoms with E-state index >= 15 is 0 Å². The van der Waals surface area contributed by atoms with Gasteiger partial charge in [-0.25, -0.2) is 13.4 Å². The van der Waals surface area contributed by atoms with Gasteiger partial charge in [0.25, 0.3) is 0 Å². The van der Waals surface area contributed by atoms with Crippen LogP contribution in [0.4, 0.5) is 0 Å². The Hall–Kier alpha value is -2.19. The second-order valence-corrected chi connectivity index (χ2v) is 6.92. The summed E-state index contributed by atoms with van der Waals surface area (Å²) in [6.45, 7) is 3.77. The molecule has 0 radical (unpaired) electrons. The Bertz CT molecular complexity index is 788. The van der Waals surface area contributed by atoms with Crippen molar-refractivity contribution in [2.45, 2.75) is 25.2 Å². The molecule has 2 aromatic rings. The van der Waals surface area contributed by atoms with Gasteiger partial charge in [-0.1, -0.05) is 36.8 Å². The molecule has 0 aliphatic rings. The first-order chi connectivity index (χ1) is 9.97. The summed E-state index contributed by atoms with van der Waals surface area (Å²) < 4.78 is 24.2. The Morgan fingerprint density at radius 1 is 1.14 bits per heavy atom. The smallest absolute Gasteiger partial charge is 0.181 e. The Morgan fingerprint density at radius 3 is 2.38 bits per heavy atom. The van der Waals surface area contributed by atoms with Crippen molar-refractivity contribution >= 4 is 9.84 Å². The third-order valence-electron chi connectivity index (χ3n) is 3.12. The van der Waals surface area contributed by atoms with Crippen LogP contribution in [0.15, 0.2) is 41.3 Å². The number of hydrogen-bond donors (Lipinski definition) is 0. The number of sulfone groups is 1. The molecule has 0 amide bonds. The maximum Gasteiger partial charge on any atom is 0.181 e. The standard InChI is InChI=1S/C16H16N2O2S/c1-3-10-21(19,20)16-9-8-14(18-15(16)11-17)13-6-4-12(2)5-7-13/h4-9H,3,10H2,1-2H3. The Labute approximate surface area is 125 Å². The highest BCUT2D eigenvalue weighted by molar-refractivity contribution is 7.91. The van der Waals surface area contributed by atoms with Crippen LogP contribution in [0, 0.1) is 18.3 Å². The summed E-state index contributed by atoms with van der Waals surface area (Å²) in [5.41, 5.74) is 2.54. The first-order valence-corrected chi connectivity index (χ1v) is 8.34. The van der Waals surface area contributed by atoms with Crippen molar-refractivity contribution in [2.24, 2.45) is 0 Å². The zero-order valence-corrected chi connectivity index (χ0v) is 12.8. The van der Waals surface area contributed by atoms with Crippen LogP contribution >= 0.6 is 0 Å². The van der Waals surface area contributed by atoms with Gasteiger partial charge in [0.15, 0.2) is 15.5 Å². The van der Waals surface area contributed by atoms with E-state index in [1.54, 1.807) is 13.0 Å². The highest BCUT2D eigenvalue weighted by atomic mass is 32.2. The van der Waals surface area contributed by atoms with E-state index in [0.717, 1.165) is 11.1 Å². The maximum atomic E-state index is 12.1.